The summed E-state index contributed by atoms with van der Waals surface area (Å²) in [6.07, 6.45) is 3.25. The van der Waals surface area contributed by atoms with Gasteiger partial charge in [0.15, 0.2) is 0 Å². The maximum absolute atomic E-state index is 11.0. The number of carbonyl (C=O) groups is 1. The van der Waals surface area contributed by atoms with E-state index in [1.807, 2.05) is 22.7 Å². The summed E-state index contributed by atoms with van der Waals surface area (Å²) in [7, 11) is 0. The van der Waals surface area contributed by atoms with Gasteiger partial charge in [-0.1, -0.05) is 18.2 Å². The van der Waals surface area contributed by atoms with E-state index in [0.29, 0.717) is 6.04 Å². The molecule has 3 heteroatoms. The first-order valence-electron chi connectivity index (χ1n) is 6.08. The first-order valence-corrected chi connectivity index (χ1v) is 6.90. The van der Waals surface area contributed by atoms with Gasteiger partial charge < -0.3 is 4.90 Å². The van der Waals surface area contributed by atoms with Gasteiger partial charge in [-0.25, -0.2) is 0 Å². The van der Waals surface area contributed by atoms with Gasteiger partial charge in [-0.2, -0.15) is 0 Å². The molecule has 1 saturated heterocycles. The van der Waals surface area contributed by atoms with Crippen LogP contribution in [-0.2, 0) is 4.79 Å². The number of carbonyl (C=O) groups excluding carboxylic acids is 1. The van der Waals surface area contributed by atoms with Crippen LogP contribution < -0.4 is 0 Å². The van der Waals surface area contributed by atoms with E-state index < -0.39 is 0 Å². The normalized spacial score (nSPS) is 20.6. The molecule has 1 aliphatic heterocycles. The molecule has 1 aromatic carbocycles. The Balaban J connectivity index is 2.10. The average molecular weight is 249 g/mol. The minimum atomic E-state index is 0.0682. The summed E-state index contributed by atoms with van der Waals surface area (Å²) in [5.74, 6) is 0. The number of rotatable bonds is 4. The molecule has 0 N–H and O–H groups in total. The zero-order valence-electron chi connectivity index (χ0n) is 10.4. The molecule has 2 rings (SSSR count). The molecule has 0 radical (unpaired) electrons. The Kier molecular flexibility index (Phi) is 3.77. The average Bonchev–Trinajstić information content (AvgIpc) is 2.78. The monoisotopic (exact) mass is 249 g/mol. The molecule has 0 spiro atoms. The van der Waals surface area contributed by atoms with E-state index in [1.165, 1.54) is 4.90 Å². The fourth-order valence-electron chi connectivity index (χ4n) is 2.52. The van der Waals surface area contributed by atoms with Crippen LogP contribution in [0.2, 0.25) is 0 Å². The standard InChI is InChI=1S/C14H19NOS/c1-14(2,13-9-6-10-15(13)11-16)17-12-7-4-3-5-8-12/h3-5,7-8,11,13H,6,9-10H2,1-2H3. The second-order valence-corrected chi connectivity index (χ2v) is 6.75. The number of thioether (sulfide) groups is 1. The van der Waals surface area contributed by atoms with Crippen molar-refractivity contribution in [3.63, 3.8) is 0 Å². The molecule has 0 saturated carbocycles. The highest BCUT2D eigenvalue weighted by atomic mass is 32.2. The Morgan fingerprint density at radius 3 is 2.71 bits per heavy atom. The number of benzene rings is 1. The molecule has 2 nitrogen and oxygen atoms in total. The minimum Gasteiger partial charge on any atom is -0.341 e. The summed E-state index contributed by atoms with van der Waals surface area (Å²) >= 11 is 1.86. The highest BCUT2D eigenvalue weighted by Gasteiger charge is 2.37. The van der Waals surface area contributed by atoms with Gasteiger partial charge in [0.25, 0.3) is 0 Å². The van der Waals surface area contributed by atoms with Crippen LogP contribution in [0, 0.1) is 0 Å². The van der Waals surface area contributed by atoms with Crippen molar-refractivity contribution in [1.82, 2.24) is 4.90 Å². The number of hydrogen-bond donors (Lipinski definition) is 0. The molecule has 1 aliphatic rings. The van der Waals surface area contributed by atoms with Crippen molar-refractivity contribution in [2.24, 2.45) is 0 Å². The predicted molar refractivity (Wildman–Crippen MR) is 72.2 cm³/mol. The van der Waals surface area contributed by atoms with Gasteiger partial charge in [0.2, 0.25) is 6.41 Å². The topological polar surface area (TPSA) is 20.3 Å². The third-order valence-electron chi connectivity index (χ3n) is 3.36. The van der Waals surface area contributed by atoms with E-state index in [1.54, 1.807) is 0 Å². The molecular formula is C14H19NOS. The van der Waals surface area contributed by atoms with Crippen LogP contribution >= 0.6 is 11.8 Å². The quantitative estimate of drug-likeness (QED) is 0.603. The van der Waals surface area contributed by atoms with Crippen LogP contribution in [0.25, 0.3) is 0 Å². The minimum absolute atomic E-state index is 0.0682. The zero-order valence-corrected chi connectivity index (χ0v) is 11.2. The van der Waals surface area contributed by atoms with Crippen LogP contribution in [0.3, 0.4) is 0 Å². The van der Waals surface area contributed by atoms with E-state index in [0.717, 1.165) is 25.8 Å². The first-order chi connectivity index (χ1) is 8.13. The second-order valence-electron chi connectivity index (χ2n) is 5.02. The zero-order chi connectivity index (χ0) is 12.3. The van der Waals surface area contributed by atoms with Gasteiger partial charge >= 0.3 is 0 Å². The molecule has 1 unspecified atom stereocenters. The van der Waals surface area contributed by atoms with E-state index in [-0.39, 0.29) is 4.75 Å². The summed E-state index contributed by atoms with van der Waals surface area (Å²) in [4.78, 5) is 14.3. The van der Waals surface area contributed by atoms with E-state index in [9.17, 15) is 4.79 Å². The lowest BCUT2D eigenvalue weighted by Gasteiger charge is -2.35. The van der Waals surface area contributed by atoms with Gasteiger partial charge in [-0.3, -0.25) is 4.79 Å². The van der Waals surface area contributed by atoms with Crippen LogP contribution in [-0.4, -0.2) is 28.6 Å². The molecule has 0 bridgehead atoms. The Bertz CT molecular complexity index is 377. The molecule has 0 aliphatic carbocycles. The van der Waals surface area contributed by atoms with E-state index in [2.05, 4.69) is 38.1 Å². The smallest absolute Gasteiger partial charge is 0.210 e. The number of hydrogen-bond acceptors (Lipinski definition) is 2. The second kappa shape index (κ2) is 5.13. The van der Waals surface area contributed by atoms with Crippen molar-refractivity contribution >= 4 is 18.2 Å². The van der Waals surface area contributed by atoms with Crippen molar-refractivity contribution in [1.29, 1.82) is 0 Å². The van der Waals surface area contributed by atoms with Crippen LogP contribution in [0.1, 0.15) is 26.7 Å². The lowest BCUT2D eigenvalue weighted by molar-refractivity contribution is -0.119. The molecule has 1 heterocycles. The third-order valence-corrected chi connectivity index (χ3v) is 4.66. The predicted octanol–water partition coefficient (Wildman–Crippen LogP) is 3.18. The molecule has 17 heavy (non-hydrogen) atoms. The largest absolute Gasteiger partial charge is 0.341 e. The van der Waals surface area contributed by atoms with Crippen molar-refractivity contribution in [3.05, 3.63) is 30.3 Å². The maximum Gasteiger partial charge on any atom is 0.210 e. The van der Waals surface area contributed by atoms with Gasteiger partial charge in [0, 0.05) is 22.2 Å². The van der Waals surface area contributed by atoms with E-state index in [4.69, 9.17) is 0 Å². The fourth-order valence-corrected chi connectivity index (χ4v) is 3.81. The van der Waals surface area contributed by atoms with Crippen LogP contribution in [0.15, 0.2) is 35.2 Å². The van der Waals surface area contributed by atoms with Gasteiger partial charge in [-0.05, 0) is 38.8 Å². The first kappa shape index (κ1) is 12.5. The molecule has 1 amide bonds. The van der Waals surface area contributed by atoms with Gasteiger partial charge in [0.1, 0.15) is 0 Å². The van der Waals surface area contributed by atoms with Crippen molar-refractivity contribution < 1.29 is 4.79 Å². The highest BCUT2D eigenvalue weighted by Crippen LogP contribution is 2.40. The van der Waals surface area contributed by atoms with Crippen LogP contribution in [0.4, 0.5) is 0 Å². The molecule has 0 aromatic heterocycles. The molecule has 1 fully saturated rings. The summed E-state index contributed by atoms with van der Waals surface area (Å²) < 4.78 is 0.0682. The molecule has 92 valence electrons. The Morgan fingerprint density at radius 2 is 2.06 bits per heavy atom. The summed E-state index contributed by atoms with van der Waals surface area (Å²) in [6, 6.07) is 10.8. The highest BCUT2D eigenvalue weighted by molar-refractivity contribution is 8.00. The Morgan fingerprint density at radius 1 is 1.35 bits per heavy atom. The van der Waals surface area contributed by atoms with Gasteiger partial charge in [-0.15, -0.1) is 11.8 Å². The number of amides is 1. The Labute approximate surface area is 107 Å². The number of nitrogens with zero attached hydrogens (tertiary/aromatic N) is 1. The Hall–Kier alpha value is -0.960. The third kappa shape index (κ3) is 2.83. The molecule has 1 aromatic rings. The van der Waals surface area contributed by atoms with E-state index >= 15 is 0 Å². The van der Waals surface area contributed by atoms with Crippen molar-refractivity contribution in [2.75, 3.05) is 6.54 Å². The summed E-state index contributed by atoms with van der Waals surface area (Å²) in [5, 5.41) is 0. The fraction of sp³-hybridized carbons (Fsp3) is 0.500. The maximum atomic E-state index is 11.0. The summed E-state index contributed by atoms with van der Waals surface area (Å²) in [6.45, 7) is 5.38. The lowest BCUT2D eigenvalue weighted by Crippen LogP contribution is -2.42. The van der Waals surface area contributed by atoms with Crippen LogP contribution in [0.5, 0.6) is 0 Å². The van der Waals surface area contributed by atoms with Crippen molar-refractivity contribution in [2.45, 2.75) is 42.4 Å². The lowest BCUT2D eigenvalue weighted by atomic mass is 10.0. The van der Waals surface area contributed by atoms with Crippen molar-refractivity contribution in [3.8, 4) is 0 Å². The van der Waals surface area contributed by atoms with Gasteiger partial charge in [0.05, 0.1) is 0 Å². The number of likely N-dealkylation sites (tertiary alicyclic amines) is 1. The SMILES string of the molecule is CC(C)(Sc1ccccc1)C1CCCN1C=O. The molecular weight excluding hydrogens is 230 g/mol. The summed E-state index contributed by atoms with van der Waals surface area (Å²) in [5.41, 5.74) is 0. The molecule has 1 atom stereocenters.